The fourth-order valence-electron chi connectivity index (χ4n) is 1.91. The van der Waals surface area contributed by atoms with E-state index in [0.717, 1.165) is 5.56 Å². The van der Waals surface area contributed by atoms with Gasteiger partial charge < -0.3 is 15.4 Å². The number of carboxylic acids is 1. The first kappa shape index (κ1) is 12.3. The van der Waals surface area contributed by atoms with Crippen molar-refractivity contribution < 1.29 is 9.90 Å². The van der Waals surface area contributed by atoms with Crippen LogP contribution in [0.25, 0.3) is 11.4 Å². The summed E-state index contributed by atoms with van der Waals surface area (Å²) < 4.78 is 1.66. The van der Waals surface area contributed by atoms with Crippen molar-refractivity contribution >= 4 is 5.97 Å². The first-order valence-electron chi connectivity index (χ1n) is 5.75. The maximum Gasteiger partial charge on any atom is 0.326 e. The fraction of sp³-hybridized carbons (Fsp3) is 0.231. The van der Waals surface area contributed by atoms with Crippen molar-refractivity contribution in [2.45, 2.75) is 12.5 Å². The van der Waals surface area contributed by atoms with Crippen molar-refractivity contribution in [3.8, 4) is 11.4 Å². The van der Waals surface area contributed by atoms with Crippen LogP contribution in [-0.4, -0.2) is 27.2 Å². The van der Waals surface area contributed by atoms with Crippen LogP contribution in [-0.2, 0) is 4.79 Å². The Hall–Kier alpha value is -2.14. The van der Waals surface area contributed by atoms with E-state index < -0.39 is 12.0 Å². The lowest BCUT2D eigenvalue weighted by molar-refractivity contribution is -0.141. The summed E-state index contributed by atoms with van der Waals surface area (Å²) in [5, 5.41) is 9.24. The second-order valence-electron chi connectivity index (χ2n) is 3.96. The predicted molar refractivity (Wildman–Crippen MR) is 68.0 cm³/mol. The van der Waals surface area contributed by atoms with E-state index in [4.69, 9.17) is 5.73 Å². The fourth-order valence-corrected chi connectivity index (χ4v) is 1.91. The molecule has 1 aromatic carbocycles. The molecule has 0 spiro atoms. The summed E-state index contributed by atoms with van der Waals surface area (Å²) in [5.74, 6) is -0.243. The molecular formula is C13H15N3O2. The highest BCUT2D eigenvalue weighted by atomic mass is 16.4. The number of nitrogens with two attached hydrogens (primary N) is 1. The molecule has 18 heavy (non-hydrogen) atoms. The lowest BCUT2D eigenvalue weighted by atomic mass is 10.1. The molecule has 1 unspecified atom stereocenters. The normalized spacial score (nSPS) is 12.3. The van der Waals surface area contributed by atoms with Crippen LogP contribution < -0.4 is 5.73 Å². The Kier molecular flexibility index (Phi) is 3.74. The van der Waals surface area contributed by atoms with Crippen LogP contribution >= 0.6 is 0 Å². The highest BCUT2D eigenvalue weighted by Gasteiger charge is 2.21. The number of nitrogens with zero attached hydrogens (tertiary/aromatic N) is 2. The van der Waals surface area contributed by atoms with Gasteiger partial charge in [-0.25, -0.2) is 9.78 Å². The summed E-state index contributed by atoms with van der Waals surface area (Å²) in [4.78, 5) is 15.5. The smallest absolute Gasteiger partial charge is 0.326 e. The van der Waals surface area contributed by atoms with Crippen LogP contribution in [0.1, 0.15) is 12.5 Å². The predicted octanol–water partition coefficient (Wildman–Crippen LogP) is 1.52. The molecule has 0 bridgehead atoms. The molecule has 0 saturated heterocycles. The topological polar surface area (TPSA) is 81.1 Å². The summed E-state index contributed by atoms with van der Waals surface area (Å²) >= 11 is 0. The third-order valence-corrected chi connectivity index (χ3v) is 2.76. The molecule has 0 aliphatic rings. The van der Waals surface area contributed by atoms with Crippen LogP contribution in [0.3, 0.4) is 0 Å². The van der Waals surface area contributed by atoms with Crippen molar-refractivity contribution in [3.63, 3.8) is 0 Å². The average Bonchev–Trinajstić information content (AvgIpc) is 2.85. The molecule has 5 heteroatoms. The minimum absolute atomic E-state index is 0.323. The maximum atomic E-state index is 11.3. The second-order valence-corrected chi connectivity index (χ2v) is 3.96. The average molecular weight is 245 g/mol. The number of carbonyl (C=O) groups is 1. The molecule has 1 aromatic heterocycles. The standard InChI is InChI=1S/C13H15N3O2/c14-7-6-11(13(17)18)16-9-8-15-12(16)10-4-2-1-3-5-10/h1-5,8-9,11H,6-7,14H2,(H,17,18). The molecule has 0 saturated carbocycles. The number of aliphatic carboxylic acids is 1. The van der Waals surface area contributed by atoms with Gasteiger partial charge in [0.25, 0.3) is 0 Å². The summed E-state index contributed by atoms with van der Waals surface area (Å²) in [7, 11) is 0. The van der Waals surface area contributed by atoms with Crippen molar-refractivity contribution in [3.05, 3.63) is 42.7 Å². The van der Waals surface area contributed by atoms with Gasteiger partial charge >= 0.3 is 5.97 Å². The Morgan fingerprint density at radius 1 is 1.39 bits per heavy atom. The van der Waals surface area contributed by atoms with E-state index in [2.05, 4.69) is 4.98 Å². The maximum absolute atomic E-state index is 11.3. The quantitative estimate of drug-likeness (QED) is 0.837. The highest BCUT2D eigenvalue weighted by Crippen LogP contribution is 2.22. The largest absolute Gasteiger partial charge is 0.480 e. The van der Waals surface area contributed by atoms with Crippen LogP contribution in [0.4, 0.5) is 0 Å². The van der Waals surface area contributed by atoms with Gasteiger partial charge in [0.2, 0.25) is 0 Å². The molecule has 3 N–H and O–H groups in total. The van der Waals surface area contributed by atoms with Crippen LogP contribution in [0, 0.1) is 0 Å². The Labute approximate surface area is 105 Å². The molecule has 2 aromatic rings. The molecule has 1 atom stereocenters. The van der Waals surface area contributed by atoms with Gasteiger partial charge in [0.1, 0.15) is 11.9 Å². The van der Waals surface area contributed by atoms with E-state index in [0.29, 0.717) is 18.8 Å². The molecule has 0 amide bonds. The highest BCUT2D eigenvalue weighted by molar-refractivity contribution is 5.73. The van der Waals surface area contributed by atoms with Gasteiger partial charge in [-0.1, -0.05) is 30.3 Å². The molecule has 0 fully saturated rings. The SMILES string of the molecule is NCCC(C(=O)O)n1ccnc1-c1ccccc1. The zero-order valence-electron chi connectivity index (χ0n) is 9.86. The summed E-state index contributed by atoms with van der Waals surface area (Å²) in [6, 6.07) is 8.83. The third-order valence-electron chi connectivity index (χ3n) is 2.76. The molecule has 1 heterocycles. The zero-order valence-corrected chi connectivity index (χ0v) is 9.86. The third kappa shape index (κ3) is 2.41. The number of benzene rings is 1. The molecule has 0 aliphatic heterocycles. The Morgan fingerprint density at radius 2 is 2.11 bits per heavy atom. The van der Waals surface area contributed by atoms with Gasteiger partial charge in [0, 0.05) is 18.0 Å². The van der Waals surface area contributed by atoms with Crippen molar-refractivity contribution in [1.29, 1.82) is 0 Å². The molecule has 0 aliphatic carbocycles. The minimum atomic E-state index is -0.893. The number of rotatable bonds is 5. The van der Waals surface area contributed by atoms with Gasteiger partial charge in [0.05, 0.1) is 0 Å². The zero-order chi connectivity index (χ0) is 13.0. The monoisotopic (exact) mass is 245 g/mol. The molecular weight excluding hydrogens is 230 g/mol. The first-order chi connectivity index (χ1) is 8.74. The van der Waals surface area contributed by atoms with E-state index in [1.54, 1.807) is 17.0 Å². The van der Waals surface area contributed by atoms with Gasteiger partial charge in [0.15, 0.2) is 0 Å². The number of carboxylic acid groups (broad SMARTS) is 1. The second kappa shape index (κ2) is 5.46. The first-order valence-corrected chi connectivity index (χ1v) is 5.75. The van der Waals surface area contributed by atoms with E-state index in [1.807, 2.05) is 30.3 Å². The van der Waals surface area contributed by atoms with E-state index in [1.165, 1.54) is 0 Å². The van der Waals surface area contributed by atoms with Crippen LogP contribution in [0.15, 0.2) is 42.7 Å². The summed E-state index contributed by atoms with van der Waals surface area (Å²) in [5.41, 5.74) is 6.36. The minimum Gasteiger partial charge on any atom is -0.480 e. The Bertz CT molecular complexity index is 522. The van der Waals surface area contributed by atoms with Crippen molar-refractivity contribution in [1.82, 2.24) is 9.55 Å². The van der Waals surface area contributed by atoms with E-state index in [9.17, 15) is 9.90 Å². The van der Waals surface area contributed by atoms with E-state index >= 15 is 0 Å². The number of imidazole rings is 1. The Balaban J connectivity index is 2.41. The lowest BCUT2D eigenvalue weighted by Crippen LogP contribution is -2.22. The number of hydrogen-bond donors (Lipinski definition) is 2. The Morgan fingerprint density at radius 3 is 2.72 bits per heavy atom. The van der Waals surface area contributed by atoms with E-state index in [-0.39, 0.29) is 0 Å². The summed E-state index contributed by atoms with van der Waals surface area (Å²) in [6.45, 7) is 0.323. The van der Waals surface area contributed by atoms with Crippen LogP contribution in [0.5, 0.6) is 0 Å². The number of hydrogen-bond acceptors (Lipinski definition) is 3. The van der Waals surface area contributed by atoms with Crippen molar-refractivity contribution in [2.24, 2.45) is 5.73 Å². The van der Waals surface area contributed by atoms with Gasteiger partial charge in [-0.05, 0) is 13.0 Å². The molecule has 0 radical (unpaired) electrons. The van der Waals surface area contributed by atoms with Gasteiger partial charge in [-0.3, -0.25) is 0 Å². The molecule has 94 valence electrons. The van der Waals surface area contributed by atoms with Crippen LogP contribution in [0.2, 0.25) is 0 Å². The van der Waals surface area contributed by atoms with Gasteiger partial charge in [-0.2, -0.15) is 0 Å². The molecule has 5 nitrogen and oxygen atoms in total. The van der Waals surface area contributed by atoms with Gasteiger partial charge in [-0.15, -0.1) is 0 Å². The van der Waals surface area contributed by atoms with Crippen molar-refractivity contribution in [2.75, 3.05) is 6.54 Å². The summed E-state index contributed by atoms with van der Waals surface area (Å²) in [6.07, 6.45) is 3.66. The lowest BCUT2D eigenvalue weighted by Gasteiger charge is -2.16. The molecule has 2 rings (SSSR count). The number of aromatic nitrogens is 2.